The molecular formula is C17H22N2O2. The topological polar surface area (TPSA) is 62.2 Å². The van der Waals surface area contributed by atoms with E-state index in [4.69, 9.17) is 0 Å². The Balaban J connectivity index is 2.20. The highest BCUT2D eigenvalue weighted by atomic mass is 16.3. The number of aliphatic hydroxyl groups excluding tert-OH is 1. The lowest BCUT2D eigenvalue weighted by molar-refractivity contribution is 0.0909. The van der Waals surface area contributed by atoms with Gasteiger partial charge in [0.15, 0.2) is 0 Å². The Morgan fingerprint density at radius 1 is 1.33 bits per heavy atom. The van der Waals surface area contributed by atoms with Gasteiger partial charge >= 0.3 is 0 Å². The number of hydrogen-bond donors (Lipinski definition) is 2. The second-order valence-electron chi connectivity index (χ2n) is 5.47. The molecule has 2 N–H and O–H groups in total. The van der Waals surface area contributed by atoms with E-state index in [0.717, 1.165) is 22.9 Å². The van der Waals surface area contributed by atoms with E-state index >= 15 is 0 Å². The van der Waals surface area contributed by atoms with Crippen molar-refractivity contribution in [2.24, 2.45) is 0 Å². The second-order valence-corrected chi connectivity index (χ2v) is 5.47. The van der Waals surface area contributed by atoms with E-state index < -0.39 is 6.10 Å². The minimum atomic E-state index is -0.491. The molecular weight excluding hydrogens is 264 g/mol. The highest BCUT2D eigenvalue weighted by Crippen LogP contribution is 2.18. The summed E-state index contributed by atoms with van der Waals surface area (Å²) in [5, 5.41) is 13.4. The highest BCUT2D eigenvalue weighted by Gasteiger charge is 2.13. The molecule has 0 saturated carbocycles. The Labute approximate surface area is 125 Å². The Hall–Kier alpha value is -1.94. The molecule has 4 heteroatoms. The van der Waals surface area contributed by atoms with Crippen molar-refractivity contribution < 1.29 is 9.90 Å². The van der Waals surface area contributed by atoms with Crippen molar-refractivity contribution in [1.82, 2.24) is 10.3 Å². The van der Waals surface area contributed by atoms with Gasteiger partial charge in [0.05, 0.1) is 22.9 Å². The fourth-order valence-corrected chi connectivity index (χ4v) is 2.36. The molecule has 0 bridgehead atoms. The van der Waals surface area contributed by atoms with Gasteiger partial charge in [-0.15, -0.1) is 0 Å². The standard InChI is InChI=1S/C17H22N2O2/c1-4-5-14(20)10-18-17(21)15-9-13-8-11(2)6-7-16(13)19-12(15)3/h6-9,14,20H,4-5,10H2,1-3H3,(H,18,21). The van der Waals surface area contributed by atoms with Gasteiger partial charge in [0, 0.05) is 11.9 Å². The second kappa shape index (κ2) is 6.68. The molecule has 1 aromatic carbocycles. The number of carbonyl (C=O) groups is 1. The van der Waals surface area contributed by atoms with E-state index in [9.17, 15) is 9.90 Å². The maximum atomic E-state index is 12.2. The minimum Gasteiger partial charge on any atom is -0.391 e. The fourth-order valence-electron chi connectivity index (χ4n) is 2.36. The summed E-state index contributed by atoms with van der Waals surface area (Å²) >= 11 is 0. The number of aromatic nitrogens is 1. The molecule has 1 atom stereocenters. The number of benzene rings is 1. The van der Waals surface area contributed by atoms with Gasteiger partial charge in [-0.3, -0.25) is 9.78 Å². The van der Waals surface area contributed by atoms with Gasteiger partial charge in [-0.05, 0) is 38.5 Å². The predicted molar refractivity (Wildman–Crippen MR) is 84.5 cm³/mol. The third-order valence-electron chi connectivity index (χ3n) is 3.53. The predicted octanol–water partition coefficient (Wildman–Crippen LogP) is 2.74. The largest absolute Gasteiger partial charge is 0.391 e. The smallest absolute Gasteiger partial charge is 0.253 e. The number of carbonyl (C=O) groups excluding carboxylic acids is 1. The quantitative estimate of drug-likeness (QED) is 0.888. The molecule has 2 rings (SSSR count). The molecule has 4 nitrogen and oxygen atoms in total. The van der Waals surface area contributed by atoms with Gasteiger partial charge in [0.25, 0.3) is 5.91 Å². The third-order valence-corrected chi connectivity index (χ3v) is 3.53. The van der Waals surface area contributed by atoms with Crippen LogP contribution in [0.4, 0.5) is 0 Å². The van der Waals surface area contributed by atoms with E-state index in [0.29, 0.717) is 17.7 Å². The first-order valence-electron chi connectivity index (χ1n) is 7.35. The van der Waals surface area contributed by atoms with E-state index in [1.54, 1.807) is 0 Å². The molecule has 0 saturated heterocycles. The summed E-state index contributed by atoms with van der Waals surface area (Å²) in [6, 6.07) is 7.86. The number of aliphatic hydroxyl groups is 1. The van der Waals surface area contributed by atoms with Gasteiger partial charge in [0.1, 0.15) is 0 Å². The molecule has 1 heterocycles. The van der Waals surface area contributed by atoms with Gasteiger partial charge in [-0.1, -0.05) is 25.0 Å². The number of pyridine rings is 1. The number of amides is 1. The molecule has 112 valence electrons. The fraction of sp³-hybridized carbons (Fsp3) is 0.412. The third kappa shape index (κ3) is 3.79. The molecule has 0 aliphatic carbocycles. The van der Waals surface area contributed by atoms with Crippen LogP contribution in [0.2, 0.25) is 0 Å². The zero-order valence-corrected chi connectivity index (χ0v) is 12.8. The number of aryl methyl sites for hydroxylation is 2. The molecule has 0 radical (unpaired) electrons. The van der Waals surface area contributed by atoms with Crippen molar-refractivity contribution in [2.75, 3.05) is 6.54 Å². The van der Waals surface area contributed by atoms with Crippen LogP contribution in [0, 0.1) is 13.8 Å². The summed E-state index contributed by atoms with van der Waals surface area (Å²) in [7, 11) is 0. The molecule has 2 aromatic rings. The summed E-state index contributed by atoms with van der Waals surface area (Å²) in [5.74, 6) is -0.182. The van der Waals surface area contributed by atoms with Crippen LogP contribution in [0.25, 0.3) is 10.9 Å². The van der Waals surface area contributed by atoms with Crippen molar-refractivity contribution >= 4 is 16.8 Å². The molecule has 0 spiro atoms. The Morgan fingerprint density at radius 2 is 2.10 bits per heavy atom. The Bertz CT molecular complexity index is 653. The lowest BCUT2D eigenvalue weighted by Crippen LogP contribution is -2.32. The molecule has 21 heavy (non-hydrogen) atoms. The minimum absolute atomic E-state index is 0.182. The van der Waals surface area contributed by atoms with Crippen molar-refractivity contribution in [1.29, 1.82) is 0 Å². The number of hydrogen-bond acceptors (Lipinski definition) is 3. The van der Waals surface area contributed by atoms with E-state index in [2.05, 4.69) is 10.3 Å². The highest BCUT2D eigenvalue weighted by molar-refractivity contribution is 5.98. The maximum Gasteiger partial charge on any atom is 0.253 e. The Kier molecular flexibility index (Phi) is 4.91. The number of fused-ring (bicyclic) bond motifs is 1. The van der Waals surface area contributed by atoms with Crippen molar-refractivity contribution in [2.45, 2.75) is 39.7 Å². The average molecular weight is 286 g/mol. The van der Waals surface area contributed by atoms with Crippen LogP contribution in [0.15, 0.2) is 24.3 Å². The summed E-state index contributed by atoms with van der Waals surface area (Å²) < 4.78 is 0. The summed E-state index contributed by atoms with van der Waals surface area (Å²) in [6.45, 7) is 6.12. The zero-order valence-electron chi connectivity index (χ0n) is 12.8. The van der Waals surface area contributed by atoms with E-state index in [1.165, 1.54) is 0 Å². The van der Waals surface area contributed by atoms with Gasteiger partial charge in [-0.2, -0.15) is 0 Å². The van der Waals surface area contributed by atoms with Crippen LogP contribution in [-0.4, -0.2) is 28.6 Å². The lowest BCUT2D eigenvalue weighted by atomic mass is 10.1. The maximum absolute atomic E-state index is 12.2. The number of nitrogens with one attached hydrogen (secondary N) is 1. The van der Waals surface area contributed by atoms with Gasteiger partial charge in [-0.25, -0.2) is 0 Å². The van der Waals surface area contributed by atoms with Crippen LogP contribution in [0.1, 0.15) is 41.4 Å². The first-order valence-corrected chi connectivity index (χ1v) is 7.35. The first kappa shape index (κ1) is 15.4. The SMILES string of the molecule is CCCC(O)CNC(=O)c1cc2cc(C)ccc2nc1C. The number of rotatable bonds is 5. The Morgan fingerprint density at radius 3 is 2.81 bits per heavy atom. The molecule has 0 aliphatic rings. The van der Waals surface area contributed by atoms with Gasteiger partial charge in [0.2, 0.25) is 0 Å². The van der Waals surface area contributed by atoms with Crippen molar-refractivity contribution in [3.8, 4) is 0 Å². The molecule has 0 aliphatic heterocycles. The molecule has 0 fully saturated rings. The normalized spacial score (nSPS) is 12.4. The molecule has 1 amide bonds. The lowest BCUT2D eigenvalue weighted by Gasteiger charge is -2.12. The molecule has 1 unspecified atom stereocenters. The van der Waals surface area contributed by atoms with Crippen LogP contribution >= 0.6 is 0 Å². The zero-order chi connectivity index (χ0) is 15.4. The van der Waals surface area contributed by atoms with E-state index in [-0.39, 0.29) is 12.5 Å². The van der Waals surface area contributed by atoms with Crippen LogP contribution < -0.4 is 5.32 Å². The van der Waals surface area contributed by atoms with E-state index in [1.807, 2.05) is 45.0 Å². The average Bonchev–Trinajstić information content (AvgIpc) is 2.45. The molecule has 1 aromatic heterocycles. The van der Waals surface area contributed by atoms with Gasteiger partial charge < -0.3 is 10.4 Å². The number of nitrogens with zero attached hydrogens (tertiary/aromatic N) is 1. The van der Waals surface area contributed by atoms with Crippen LogP contribution in [0.3, 0.4) is 0 Å². The van der Waals surface area contributed by atoms with Crippen molar-refractivity contribution in [3.05, 3.63) is 41.1 Å². The van der Waals surface area contributed by atoms with Crippen LogP contribution in [-0.2, 0) is 0 Å². The summed E-state index contributed by atoms with van der Waals surface area (Å²) in [4.78, 5) is 16.7. The summed E-state index contributed by atoms with van der Waals surface area (Å²) in [6.07, 6.45) is 1.09. The van der Waals surface area contributed by atoms with Crippen LogP contribution in [0.5, 0.6) is 0 Å². The summed E-state index contributed by atoms with van der Waals surface area (Å²) in [5.41, 5.74) is 3.30. The first-order chi connectivity index (χ1) is 10.0. The monoisotopic (exact) mass is 286 g/mol. The van der Waals surface area contributed by atoms with Crippen molar-refractivity contribution in [3.63, 3.8) is 0 Å².